The van der Waals surface area contributed by atoms with Crippen molar-refractivity contribution in [3.05, 3.63) is 72.4 Å². The Kier molecular flexibility index (Phi) is 4.22. The number of aryl methyl sites for hydroxylation is 1. The van der Waals surface area contributed by atoms with Crippen molar-refractivity contribution in [1.82, 2.24) is 14.5 Å². The Balaban J connectivity index is 2.12. The van der Waals surface area contributed by atoms with E-state index in [1.807, 2.05) is 25.3 Å². The van der Waals surface area contributed by atoms with Crippen molar-refractivity contribution in [3.63, 3.8) is 0 Å². The van der Waals surface area contributed by atoms with Gasteiger partial charge in [-0.05, 0) is 48.4 Å². The summed E-state index contributed by atoms with van der Waals surface area (Å²) in [5.41, 5.74) is 6.78. The van der Waals surface area contributed by atoms with E-state index >= 15 is 0 Å². The lowest BCUT2D eigenvalue weighted by atomic mass is 10.0. The van der Waals surface area contributed by atoms with Crippen LogP contribution in [-0.4, -0.2) is 21.6 Å². The number of halogens is 1. The Morgan fingerprint density at radius 3 is 2.46 bits per heavy atom. The van der Waals surface area contributed by atoms with Gasteiger partial charge in [0.1, 0.15) is 12.5 Å². The largest absolute Gasteiger partial charge is 0.364 e. The Morgan fingerprint density at radius 1 is 1.04 bits per heavy atom. The molecule has 0 N–H and O–H groups in total. The van der Waals surface area contributed by atoms with Crippen LogP contribution in [0.15, 0.2) is 61.1 Å². The summed E-state index contributed by atoms with van der Waals surface area (Å²) in [6.45, 7) is 2.40. The molecule has 130 valence electrons. The van der Waals surface area contributed by atoms with Crippen molar-refractivity contribution in [2.24, 2.45) is 0 Å². The molecular weight excluding hydrogens is 329 g/mol. The predicted molar refractivity (Wildman–Crippen MR) is 100 cm³/mol. The molecule has 0 bridgehead atoms. The van der Waals surface area contributed by atoms with Gasteiger partial charge in [0, 0.05) is 36.8 Å². The highest BCUT2D eigenvalue weighted by Gasteiger charge is 2.21. The van der Waals surface area contributed by atoms with Crippen molar-refractivity contribution >= 4 is 11.0 Å². The van der Waals surface area contributed by atoms with Gasteiger partial charge in [-0.2, -0.15) is 0 Å². The number of pyridine rings is 2. The van der Waals surface area contributed by atoms with Crippen molar-refractivity contribution in [1.29, 1.82) is 0 Å². The number of hydrogen-bond donors (Lipinski definition) is 0. The number of benzene rings is 1. The van der Waals surface area contributed by atoms with Gasteiger partial charge < -0.3 is 9.30 Å². The zero-order chi connectivity index (χ0) is 18.1. The van der Waals surface area contributed by atoms with Crippen molar-refractivity contribution in [2.45, 2.75) is 13.7 Å². The lowest BCUT2D eigenvalue weighted by Gasteiger charge is -2.11. The maximum atomic E-state index is 13.5. The molecule has 0 unspecified atom stereocenters. The van der Waals surface area contributed by atoms with Gasteiger partial charge in [0.25, 0.3) is 0 Å². The summed E-state index contributed by atoms with van der Waals surface area (Å²) in [6, 6.07) is 12.5. The molecule has 0 radical (unpaired) electrons. The Hall–Kier alpha value is -3.05. The standard InChI is InChI=1S/C21H18FN3O/c1-14-11-18-20(24-12-14)19(15-3-5-17(22)6-4-15)21(25(18)13-26-2)16-7-9-23-10-8-16/h3-12H,13H2,1-2H3. The third-order valence-electron chi connectivity index (χ3n) is 4.38. The van der Waals surface area contributed by atoms with Crippen LogP contribution < -0.4 is 0 Å². The van der Waals surface area contributed by atoms with E-state index in [9.17, 15) is 4.39 Å². The third-order valence-corrected chi connectivity index (χ3v) is 4.38. The molecule has 26 heavy (non-hydrogen) atoms. The summed E-state index contributed by atoms with van der Waals surface area (Å²) >= 11 is 0. The first kappa shape index (κ1) is 16.4. The molecule has 0 atom stereocenters. The lowest BCUT2D eigenvalue weighted by molar-refractivity contribution is 0.136. The van der Waals surface area contributed by atoms with Crippen LogP contribution >= 0.6 is 0 Å². The molecule has 0 aliphatic rings. The minimum Gasteiger partial charge on any atom is -0.364 e. The molecule has 0 saturated carbocycles. The van der Waals surface area contributed by atoms with Gasteiger partial charge in [-0.15, -0.1) is 0 Å². The number of aromatic nitrogens is 3. The van der Waals surface area contributed by atoms with Gasteiger partial charge in [0.05, 0.1) is 16.7 Å². The van der Waals surface area contributed by atoms with Crippen molar-refractivity contribution in [2.75, 3.05) is 7.11 Å². The van der Waals surface area contributed by atoms with E-state index in [1.165, 1.54) is 12.1 Å². The Morgan fingerprint density at radius 2 is 1.77 bits per heavy atom. The highest BCUT2D eigenvalue weighted by Crippen LogP contribution is 2.40. The second-order valence-corrected chi connectivity index (χ2v) is 6.19. The second kappa shape index (κ2) is 6.69. The fourth-order valence-electron chi connectivity index (χ4n) is 3.28. The summed E-state index contributed by atoms with van der Waals surface area (Å²) in [5, 5.41) is 0. The topological polar surface area (TPSA) is 39.9 Å². The molecule has 0 aliphatic heterocycles. The first-order chi connectivity index (χ1) is 12.7. The number of rotatable bonds is 4. The molecule has 0 spiro atoms. The summed E-state index contributed by atoms with van der Waals surface area (Å²) in [4.78, 5) is 8.81. The molecule has 3 heterocycles. The molecule has 0 aliphatic carbocycles. The fraction of sp³-hybridized carbons (Fsp3) is 0.143. The molecule has 1 aromatic carbocycles. The van der Waals surface area contributed by atoms with Gasteiger partial charge in [-0.3, -0.25) is 9.97 Å². The van der Waals surface area contributed by atoms with Gasteiger partial charge in [-0.1, -0.05) is 12.1 Å². The fourth-order valence-corrected chi connectivity index (χ4v) is 3.28. The van der Waals surface area contributed by atoms with Gasteiger partial charge in [0.2, 0.25) is 0 Å². The van der Waals surface area contributed by atoms with Crippen molar-refractivity contribution in [3.8, 4) is 22.4 Å². The number of fused-ring (bicyclic) bond motifs is 1. The Labute approximate surface area is 150 Å². The first-order valence-corrected chi connectivity index (χ1v) is 8.33. The van der Waals surface area contributed by atoms with E-state index in [-0.39, 0.29) is 5.82 Å². The molecule has 3 aromatic heterocycles. The van der Waals surface area contributed by atoms with Gasteiger partial charge >= 0.3 is 0 Å². The molecule has 4 aromatic rings. The minimum atomic E-state index is -0.261. The maximum Gasteiger partial charge on any atom is 0.123 e. The van der Waals surface area contributed by atoms with E-state index in [2.05, 4.69) is 20.6 Å². The van der Waals surface area contributed by atoms with Gasteiger partial charge in [0.15, 0.2) is 0 Å². The van der Waals surface area contributed by atoms with Crippen LogP contribution in [0.1, 0.15) is 5.56 Å². The van der Waals surface area contributed by atoms with Crippen LogP contribution in [0.5, 0.6) is 0 Å². The normalized spacial score (nSPS) is 11.2. The van der Waals surface area contributed by atoms with E-state index < -0.39 is 0 Å². The van der Waals surface area contributed by atoms with E-state index in [4.69, 9.17) is 4.74 Å². The lowest BCUT2D eigenvalue weighted by Crippen LogP contribution is -2.02. The average molecular weight is 347 g/mol. The zero-order valence-corrected chi connectivity index (χ0v) is 14.6. The number of hydrogen-bond acceptors (Lipinski definition) is 3. The molecule has 4 rings (SSSR count). The molecule has 0 amide bonds. The zero-order valence-electron chi connectivity index (χ0n) is 14.6. The minimum absolute atomic E-state index is 0.261. The van der Waals surface area contributed by atoms with Crippen molar-refractivity contribution < 1.29 is 9.13 Å². The molecule has 0 saturated heterocycles. The quantitative estimate of drug-likeness (QED) is 0.531. The predicted octanol–water partition coefficient (Wildman–Crippen LogP) is 4.82. The van der Waals surface area contributed by atoms with E-state index in [1.54, 1.807) is 31.6 Å². The van der Waals surface area contributed by atoms with Crippen LogP contribution in [0.2, 0.25) is 0 Å². The van der Waals surface area contributed by atoms with Crippen LogP contribution in [0.4, 0.5) is 4.39 Å². The maximum absolute atomic E-state index is 13.5. The summed E-state index contributed by atoms with van der Waals surface area (Å²) in [6.07, 6.45) is 5.37. The average Bonchev–Trinajstić information content (AvgIpc) is 2.97. The molecule has 0 fully saturated rings. The first-order valence-electron chi connectivity index (χ1n) is 8.33. The van der Waals surface area contributed by atoms with E-state index in [0.29, 0.717) is 6.73 Å². The Bertz CT molecular complexity index is 1060. The number of nitrogens with zero attached hydrogens (tertiary/aromatic N) is 3. The summed E-state index contributed by atoms with van der Waals surface area (Å²) in [5.74, 6) is -0.261. The van der Waals surface area contributed by atoms with Crippen LogP contribution in [0.25, 0.3) is 33.4 Å². The summed E-state index contributed by atoms with van der Waals surface area (Å²) in [7, 11) is 1.67. The number of ether oxygens (including phenoxy) is 1. The third kappa shape index (κ3) is 2.76. The van der Waals surface area contributed by atoms with Crippen LogP contribution in [0, 0.1) is 12.7 Å². The highest BCUT2D eigenvalue weighted by molar-refractivity contribution is 6.02. The smallest absolute Gasteiger partial charge is 0.123 e. The highest BCUT2D eigenvalue weighted by atomic mass is 19.1. The SMILES string of the molecule is COCn1c(-c2ccncc2)c(-c2ccc(F)cc2)c2ncc(C)cc21. The van der Waals surface area contributed by atoms with Crippen LogP contribution in [0.3, 0.4) is 0 Å². The van der Waals surface area contributed by atoms with Crippen LogP contribution in [-0.2, 0) is 11.5 Å². The van der Waals surface area contributed by atoms with Gasteiger partial charge in [-0.25, -0.2) is 4.39 Å². The summed E-state index contributed by atoms with van der Waals surface area (Å²) < 4.78 is 21.0. The second-order valence-electron chi connectivity index (χ2n) is 6.19. The molecule has 4 nitrogen and oxygen atoms in total. The number of methoxy groups -OCH3 is 1. The van der Waals surface area contributed by atoms with E-state index in [0.717, 1.165) is 39.0 Å². The molecular formula is C21H18FN3O. The molecule has 5 heteroatoms. The monoisotopic (exact) mass is 347 g/mol.